The van der Waals surface area contributed by atoms with E-state index in [1.54, 1.807) is 0 Å². The first kappa shape index (κ1) is 16.6. The maximum Gasteiger partial charge on any atom is 0.337 e. The zero-order valence-electron chi connectivity index (χ0n) is 11.3. The molecule has 20 heavy (non-hydrogen) atoms. The van der Waals surface area contributed by atoms with Crippen molar-refractivity contribution in [1.29, 1.82) is 0 Å². The molecule has 0 saturated carbocycles. The minimum absolute atomic E-state index is 0.0454. The molecule has 0 radical (unpaired) electrons. The topological polar surface area (TPSA) is 94.9 Å². The van der Waals surface area contributed by atoms with E-state index in [1.165, 1.54) is 24.3 Å². The Labute approximate surface area is 118 Å². The fourth-order valence-corrected chi connectivity index (χ4v) is 3.46. The molecule has 0 aromatic heterocycles. The minimum Gasteiger partial charge on any atom is -0.478 e. The van der Waals surface area contributed by atoms with Gasteiger partial charge in [-0.05, 0) is 18.6 Å². The third-order valence-electron chi connectivity index (χ3n) is 2.85. The summed E-state index contributed by atoms with van der Waals surface area (Å²) in [5.41, 5.74) is -0.257. The average Bonchev–Trinajstić information content (AvgIpc) is 2.43. The summed E-state index contributed by atoms with van der Waals surface area (Å²) in [5, 5.41) is 18.1. The van der Waals surface area contributed by atoms with Crippen molar-refractivity contribution in [3.05, 3.63) is 29.8 Å². The van der Waals surface area contributed by atoms with Crippen LogP contribution in [0.15, 0.2) is 29.2 Å². The van der Waals surface area contributed by atoms with E-state index in [1.807, 2.05) is 6.92 Å². The predicted molar refractivity (Wildman–Crippen MR) is 74.2 cm³/mol. The Bertz CT molecular complexity index is 556. The highest BCUT2D eigenvalue weighted by Gasteiger charge is 2.27. The quantitative estimate of drug-likeness (QED) is 0.751. The van der Waals surface area contributed by atoms with Gasteiger partial charge in [-0.3, -0.25) is 0 Å². The van der Waals surface area contributed by atoms with Crippen LogP contribution < -0.4 is 0 Å². The van der Waals surface area contributed by atoms with Gasteiger partial charge in [0.25, 0.3) is 0 Å². The van der Waals surface area contributed by atoms with Crippen molar-refractivity contribution in [1.82, 2.24) is 4.31 Å². The third-order valence-corrected chi connectivity index (χ3v) is 4.80. The van der Waals surface area contributed by atoms with E-state index in [4.69, 9.17) is 10.2 Å². The van der Waals surface area contributed by atoms with Gasteiger partial charge in [-0.25, -0.2) is 13.2 Å². The van der Waals surface area contributed by atoms with Gasteiger partial charge < -0.3 is 10.2 Å². The zero-order valence-corrected chi connectivity index (χ0v) is 12.1. The van der Waals surface area contributed by atoms with E-state index in [9.17, 15) is 13.2 Å². The smallest absolute Gasteiger partial charge is 0.337 e. The van der Waals surface area contributed by atoms with Crippen molar-refractivity contribution in [3.63, 3.8) is 0 Å². The summed E-state index contributed by atoms with van der Waals surface area (Å²) in [6.45, 7) is 1.83. The van der Waals surface area contributed by atoms with Crippen LogP contribution in [0, 0.1) is 0 Å². The molecule has 0 aliphatic carbocycles. The van der Waals surface area contributed by atoms with Crippen LogP contribution in [0.3, 0.4) is 0 Å². The summed E-state index contributed by atoms with van der Waals surface area (Å²) in [7, 11) is -3.92. The monoisotopic (exact) mass is 301 g/mol. The number of carboxylic acid groups (broad SMARTS) is 1. The molecule has 0 unspecified atom stereocenters. The minimum atomic E-state index is -3.92. The number of nitrogens with zero attached hydrogens (tertiary/aromatic N) is 1. The Morgan fingerprint density at radius 2 is 1.90 bits per heavy atom. The van der Waals surface area contributed by atoms with Gasteiger partial charge >= 0.3 is 5.97 Å². The average molecular weight is 301 g/mol. The summed E-state index contributed by atoms with van der Waals surface area (Å²) in [4.78, 5) is 10.9. The molecule has 112 valence electrons. The normalized spacial score (nSPS) is 11.8. The van der Waals surface area contributed by atoms with E-state index in [0.29, 0.717) is 6.42 Å². The van der Waals surface area contributed by atoms with Crippen molar-refractivity contribution >= 4 is 16.0 Å². The van der Waals surface area contributed by atoms with Gasteiger partial charge in [0.15, 0.2) is 0 Å². The van der Waals surface area contributed by atoms with Gasteiger partial charge in [-0.15, -0.1) is 0 Å². The van der Waals surface area contributed by atoms with Crippen LogP contribution in [-0.4, -0.2) is 48.6 Å². The van der Waals surface area contributed by atoms with Gasteiger partial charge in [-0.2, -0.15) is 4.31 Å². The molecular formula is C13H19NO5S. The lowest BCUT2D eigenvalue weighted by Gasteiger charge is -2.21. The summed E-state index contributed by atoms with van der Waals surface area (Å²) in [6.07, 6.45) is 1.45. The maximum atomic E-state index is 12.5. The fraction of sp³-hybridized carbons (Fsp3) is 0.462. The molecule has 1 rings (SSSR count). The van der Waals surface area contributed by atoms with Crippen LogP contribution >= 0.6 is 0 Å². The Balaban J connectivity index is 3.22. The van der Waals surface area contributed by atoms with Gasteiger partial charge in [0.2, 0.25) is 10.0 Å². The number of carboxylic acids is 1. The summed E-state index contributed by atoms with van der Waals surface area (Å²) >= 11 is 0. The van der Waals surface area contributed by atoms with Crippen LogP contribution in [-0.2, 0) is 10.0 Å². The summed E-state index contributed by atoms with van der Waals surface area (Å²) in [6, 6.07) is 5.49. The van der Waals surface area contributed by atoms with Gasteiger partial charge in [-0.1, -0.05) is 25.5 Å². The molecule has 0 aliphatic heterocycles. The van der Waals surface area contributed by atoms with Gasteiger partial charge in [0.05, 0.1) is 17.1 Å². The van der Waals surface area contributed by atoms with Crippen LogP contribution in [0.25, 0.3) is 0 Å². The highest BCUT2D eigenvalue weighted by Crippen LogP contribution is 2.20. The van der Waals surface area contributed by atoms with Crippen molar-refractivity contribution in [2.24, 2.45) is 0 Å². The van der Waals surface area contributed by atoms with Crippen LogP contribution in [0.5, 0.6) is 0 Å². The first-order valence-electron chi connectivity index (χ1n) is 6.38. The number of benzene rings is 1. The lowest BCUT2D eigenvalue weighted by atomic mass is 10.2. The van der Waals surface area contributed by atoms with Crippen molar-refractivity contribution in [2.75, 3.05) is 19.7 Å². The Kier molecular flexibility index (Phi) is 6.12. The van der Waals surface area contributed by atoms with Gasteiger partial charge in [0.1, 0.15) is 0 Å². The standard InChI is InChI=1S/C13H19NO5S/c1-2-3-8-14(9-10-15)20(18,19)12-7-5-4-6-11(12)13(16)17/h4-7,15H,2-3,8-10H2,1H3,(H,16,17). The predicted octanol–water partition coefficient (Wildman–Crippen LogP) is 1.17. The molecule has 1 aromatic carbocycles. The number of aromatic carboxylic acids is 1. The maximum absolute atomic E-state index is 12.5. The zero-order chi connectivity index (χ0) is 15.2. The number of unbranched alkanes of at least 4 members (excludes halogenated alkanes) is 1. The van der Waals surface area contributed by atoms with E-state index < -0.39 is 16.0 Å². The third kappa shape index (κ3) is 3.78. The Morgan fingerprint density at radius 3 is 2.45 bits per heavy atom. The van der Waals surface area contributed by atoms with Crippen LogP contribution in [0.1, 0.15) is 30.1 Å². The van der Waals surface area contributed by atoms with Gasteiger partial charge in [0, 0.05) is 13.1 Å². The van der Waals surface area contributed by atoms with E-state index >= 15 is 0 Å². The van der Waals surface area contributed by atoms with Crippen LogP contribution in [0.2, 0.25) is 0 Å². The number of carbonyl (C=O) groups is 1. The molecule has 0 heterocycles. The number of sulfonamides is 1. The lowest BCUT2D eigenvalue weighted by molar-refractivity contribution is 0.0692. The fourth-order valence-electron chi connectivity index (χ4n) is 1.81. The molecule has 0 bridgehead atoms. The number of rotatable bonds is 8. The number of aliphatic hydroxyl groups excluding tert-OH is 1. The molecule has 7 heteroatoms. The number of hydrogen-bond donors (Lipinski definition) is 2. The molecule has 0 atom stereocenters. The van der Waals surface area contributed by atoms with E-state index in [-0.39, 0.29) is 30.2 Å². The number of aliphatic hydroxyl groups is 1. The van der Waals surface area contributed by atoms with Crippen LogP contribution in [0.4, 0.5) is 0 Å². The molecule has 0 amide bonds. The van der Waals surface area contributed by atoms with Crippen molar-refractivity contribution < 1.29 is 23.4 Å². The summed E-state index contributed by atoms with van der Waals surface area (Å²) < 4.78 is 26.1. The molecule has 2 N–H and O–H groups in total. The highest BCUT2D eigenvalue weighted by atomic mass is 32.2. The second-order valence-corrected chi connectivity index (χ2v) is 6.19. The largest absolute Gasteiger partial charge is 0.478 e. The second kappa shape index (κ2) is 7.37. The Hall–Kier alpha value is -1.44. The first-order valence-corrected chi connectivity index (χ1v) is 7.82. The summed E-state index contributed by atoms with van der Waals surface area (Å²) in [5.74, 6) is -1.29. The lowest BCUT2D eigenvalue weighted by Crippen LogP contribution is -2.35. The number of hydrogen-bond acceptors (Lipinski definition) is 4. The van der Waals surface area contributed by atoms with E-state index in [0.717, 1.165) is 10.7 Å². The second-order valence-electron chi connectivity index (χ2n) is 4.28. The molecule has 0 spiro atoms. The molecule has 0 fully saturated rings. The molecule has 0 saturated heterocycles. The van der Waals surface area contributed by atoms with Crippen molar-refractivity contribution in [3.8, 4) is 0 Å². The first-order chi connectivity index (χ1) is 9.45. The molecule has 6 nitrogen and oxygen atoms in total. The Morgan fingerprint density at radius 1 is 1.25 bits per heavy atom. The highest BCUT2D eigenvalue weighted by molar-refractivity contribution is 7.89. The molecule has 0 aliphatic rings. The molecular weight excluding hydrogens is 282 g/mol. The van der Waals surface area contributed by atoms with Crippen molar-refractivity contribution in [2.45, 2.75) is 24.7 Å². The SMILES string of the molecule is CCCCN(CCO)S(=O)(=O)c1ccccc1C(=O)O. The van der Waals surface area contributed by atoms with E-state index in [2.05, 4.69) is 0 Å². The molecule has 1 aromatic rings.